The topological polar surface area (TPSA) is 42.4 Å². The average molecular weight is 358 g/mol. The number of ether oxygens (including phenoxy) is 1. The van der Waals surface area contributed by atoms with Crippen molar-refractivity contribution in [2.75, 3.05) is 13.2 Å². The van der Waals surface area contributed by atoms with E-state index in [2.05, 4.69) is 36.2 Å². The third-order valence-corrected chi connectivity index (χ3v) is 4.96. The molecule has 4 nitrogen and oxygen atoms in total. The minimum Gasteiger partial charge on any atom is -0.491 e. The third kappa shape index (κ3) is 3.56. The minimum absolute atomic E-state index is 0.0125. The van der Waals surface area contributed by atoms with Crippen LogP contribution in [0.3, 0.4) is 0 Å². The molecule has 2 aromatic carbocycles. The number of rotatable bonds is 3. The summed E-state index contributed by atoms with van der Waals surface area (Å²) in [7, 11) is 0. The monoisotopic (exact) mass is 358 g/mol. The molecule has 0 saturated heterocycles. The molecule has 3 aromatic rings. The van der Waals surface area contributed by atoms with Gasteiger partial charge >= 0.3 is 0 Å². The van der Waals surface area contributed by atoms with Crippen LogP contribution >= 0.6 is 0 Å². The molecule has 27 heavy (non-hydrogen) atoms. The number of carbonyl (C=O) groups excluding carboxylic acids is 1. The molecular formula is C23H22N2O2. The Bertz CT molecular complexity index is 980. The fraction of sp³-hybridized carbons (Fsp3) is 0.217. The Morgan fingerprint density at radius 3 is 2.59 bits per heavy atom. The Kier molecular flexibility index (Phi) is 4.63. The van der Waals surface area contributed by atoms with E-state index in [1.807, 2.05) is 42.2 Å². The van der Waals surface area contributed by atoms with Crippen LogP contribution in [0.1, 0.15) is 27.2 Å². The van der Waals surface area contributed by atoms with Gasteiger partial charge < -0.3 is 9.64 Å². The Balaban J connectivity index is 1.67. The molecule has 0 aliphatic carbocycles. The number of hydrogen-bond donors (Lipinski definition) is 0. The molecule has 1 aliphatic rings. The smallest absolute Gasteiger partial charge is 0.258 e. The molecule has 0 radical (unpaired) electrons. The van der Waals surface area contributed by atoms with E-state index in [4.69, 9.17) is 4.74 Å². The summed E-state index contributed by atoms with van der Waals surface area (Å²) in [6.07, 6.45) is 1.77. The van der Waals surface area contributed by atoms with E-state index >= 15 is 0 Å². The predicted octanol–water partition coefficient (Wildman–Crippen LogP) is 4.40. The first kappa shape index (κ1) is 17.3. The second-order valence-electron chi connectivity index (χ2n) is 6.92. The number of nitrogens with zero attached hydrogens (tertiary/aromatic N) is 2. The van der Waals surface area contributed by atoms with Gasteiger partial charge in [0, 0.05) is 6.20 Å². The van der Waals surface area contributed by atoms with Gasteiger partial charge in [-0.2, -0.15) is 0 Å². The zero-order valence-corrected chi connectivity index (χ0v) is 15.6. The molecule has 0 bridgehead atoms. The van der Waals surface area contributed by atoms with Crippen molar-refractivity contribution in [2.24, 2.45) is 0 Å². The lowest BCUT2D eigenvalue weighted by Crippen LogP contribution is -2.32. The van der Waals surface area contributed by atoms with Gasteiger partial charge in [-0.15, -0.1) is 0 Å². The number of carbonyl (C=O) groups is 1. The first-order valence-corrected chi connectivity index (χ1v) is 9.15. The van der Waals surface area contributed by atoms with Gasteiger partial charge in [0.05, 0.1) is 24.3 Å². The average Bonchev–Trinajstić information content (AvgIpc) is 2.83. The molecule has 1 aliphatic heterocycles. The minimum atomic E-state index is -0.0125. The quantitative estimate of drug-likeness (QED) is 0.697. The van der Waals surface area contributed by atoms with E-state index in [0.717, 1.165) is 22.4 Å². The van der Waals surface area contributed by atoms with Crippen molar-refractivity contribution in [3.63, 3.8) is 0 Å². The van der Waals surface area contributed by atoms with Crippen LogP contribution in [0.2, 0.25) is 0 Å². The maximum Gasteiger partial charge on any atom is 0.258 e. The van der Waals surface area contributed by atoms with Crippen LogP contribution in [0.5, 0.6) is 5.75 Å². The maximum atomic E-state index is 13.2. The molecule has 0 atom stereocenters. The van der Waals surface area contributed by atoms with Gasteiger partial charge in [-0.1, -0.05) is 42.0 Å². The van der Waals surface area contributed by atoms with Gasteiger partial charge in [0.1, 0.15) is 12.4 Å². The molecule has 2 heterocycles. The molecule has 136 valence electrons. The number of pyridine rings is 1. The number of benzene rings is 2. The summed E-state index contributed by atoms with van der Waals surface area (Å²) in [5.41, 5.74) is 5.94. The maximum absolute atomic E-state index is 13.2. The number of hydrogen-bond acceptors (Lipinski definition) is 3. The molecule has 4 heteroatoms. The highest BCUT2D eigenvalue weighted by Crippen LogP contribution is 2.30. The zero-order chi connectivity index (χ0) is 18.8. The molecule has 0 spiro atoms. The molecule has 1 aromatic heterocycles. The van der Waals surface area contributed by atoms with Crippen molar-refractivity contribution in [1.29, 1.82) is 0 Å². The summed E-state index contributed by atoms with van der Waals surface area (Å²) in [6, 6.07) is 18.1. The van der Waals surface area contributed by atoms with Gasteiger partial charge in [0.15, 0.2) is 0 Å². The lowest BCUT2D eigenvalue weighted by molar-refractivity contribution is 0.0740. The zero-order valence-electron chi connectivity index (χ0n) is 15.6. The Morgan fingerprint density at radius 1 is 1.04 bits per heavy atom. The van der Waals surface area contributed by atoms with E-state index in [0.29, 0.717) is 31.0 Å². The molecular weight excluding hydrogens is 336 g/mol. The van der Waals surface area contributed by atoms with Crippen LogP contribution in [0.4, 0.5) is 0 Å². The standard InChI is InChI=1S/C23H22N2O2/c1-16-5-7-18(8-6-16)19-9-10-22-20(14-19)23(26)25(12-13-27-22)15-21-17(2)4-3-11-24-21/h3-11,14H,12-13,15H2,1-2H3. The summed E-state index contributed by atoms with van der Waals surface area (Å²) in [5.74, 6) is 0.637. The highest BCUT2D eigenvalue weighted by Gasteiger charge is 2.24. The number of aryl methyl sites for hydroxylation is 2. The second-order valence-corrected chi connectivity index (χ2v) is 6.92. The molecule has 0 fully saturated rings. The van der Waals surface area contributed by atoms with Crippen LogP contribution in [0, 0.1) is 13.8 Å². The van der Waals surface area contributed by atoms with Gasteiger partial charge in [-0.25, -0.2) is 0 Å². The van der Waals surface area contributed by atoms with E-state index < -0.39 is 0 Å². The number of amides is 1. The summed E-state index contributed by atoms with van der Waals surface area (Å²) < 4.78 is 5.84. The fourth-order valence-electron chi connectivity index (χ4n) is 3.30. The number of aromatic nitrogens is 1. The molecule has 0 unspecified atom stereocenters. The Morgan fingerprint density at radius 2 is 1.81 bits per heavy atom. The summed E-state index contributed by atoms with van der Waals surface area (Å²) >= 11 is 0. The third-order valence-electron chi connectivity index (χ3n) is 4.96. The first-order valence-electron chi connectivity index (χ1n) is 9.15. The SMILES string of the molecule is Cc1ccc(-c2ccc3c(c2)C(=O)N(Cc2ncccc2C)CCO3)cc1. The van der Waals surface area contributed by atoms with Crippen LogP contribution < -0.4 is 4.74 Å². The Hall–Kier alpha value is -3.14. The van der Waals surface area contributed by atoms with E-state index in [9.17, 15) is 4.79 Å². The van der Waals surface area contributed by atoms with Crippen molar-refractivity contribution in [2.45, 2.75) is 20.4 Å². The van der Waals surface area contributed by atoms with E-state index in [-0.39, 0.29) is 5.91 Å². The Labute approximate surface area is 159 Å². The van der Waals surface area contributed by atoms with Crippen molar-refractivity contribution >= 4 is 5.91 Å². The fourth-order valence-corrected chi connectivity index (χ4v) is 3.30. The van der Waals surface area contributed by atoms with Crippen LogP contribution in [-0.2, 0) is 6.54 Å². The second kappa shape index (κ2) is 7.23. The highest BCUT2D eigenvalue weighted by atomic mass is 16.5. The van der Waals surface area contributed by atoms with E-state index in [1.165, 1.54) is 5.56 Å². The van der Waals surface area contributed by atoms with Gasteiger partial charge in [0.2, 0.25) is 0 Å². The highest BCUT2D eigenvalue weighted by molar-refractivity contribution is 5.98. The molecule has 1 amide bonds. The molecule has 0 N–H and O–H groups in total. The van der Waals surface area contributed by atoms with Gasteiger partial charge in [0.25, 0.3) is 5.91 Å². The van der Waals surface area contributed by atoms with Crippen molar-refractivity contribution in [3.05, 3.63) is 83.2 Å². The van der Waals surface area contributed by atoms with E-state index in [1.54, 1.807) is 6.20 Å². The van der Waals surface area contributed by atoms with Crippen molar-refractivity contribution in [3.8, 4) is 16.9 Å². The van der Waals surface area contributed by atoms with Crippen molar-refractivity contribution < 1.29 is 9.53 Å². The molecule has 4 rings (SSSR count). The largest absolute Gasteiger partial charge is 0.491 e. The van der Waals surface area contributed by atoms with Crippen molar-refractivity contribution in [1.82, 2.24) is 9.88 Å². The van der Waals surface area contributed by atoms with Crippen LogP contribution in [-0.4, -0.2) is 28.9 Å². The lowest BCUT2D eigenvalue weighted by atomic mass is 10.0. The number of fused-ring (bicyclic) bond motifs is 1. The summed E-state index contributed by atoms with van der Waals surface area (Å²) in [4.78, 5) is 19.5. The normalized spacial score (nSPS) is 13.7. The lowest BCUT2D eigenvalue weighted by Gasteiger charge is -2.20. The van der Waals surface area contributed by atoms with Gasteiger partial charge in [-0.05, 0) is 48.7 Å². The molecule has 0 saturated carbocycles. The van der Waals surface area contributed by atoms with Crippen LogP contribution in [0.15, 0.2) is 60.8 Å². The summed E-state index contributed by atoms with van der Waals surface area (Å²) in [6.45, 7) is 5.60. The summed E-state index contributed by atoms with van der Waals surface area (Å²) in [5, 5.41) is 0. The first-order chi connectivity index (χ1) is 13.1. The van der Waals surface area contributed by atoms with Gasteiger partial charge in [-0.3, -0.25) is 9.78 Å². The predicted molar refractivity (Wildman–Crippen MR) is 106 cm³/mol. The van der Waals surface area contributed by atoms with Crippen LogP contribution in [0.25, 0.3) is 11.1 Å².